The van der Waals surface area contributed by atoms with Crippen LogP contribution in [0.1, 0.15) is 13.3 Å². The molecule has 0 bridgehead atoms. The van der Waals surface area contributed by atoms with E-state index >= 15 is 0 Å². The molecule has 1 atom stereocenters. The first-order chi connectivity index (χ1) is 13.4. The number of benzene rings is 2. The predicted molar refractivity (Wildman–Crippen MR) is 110 cm³/mol. The molecular weight excluding hydrogens is 398 g/mol. The Hall–Kier alpha value is -2.65. The fourth-order valence-electron chi connectivity index (χ4n) is 2.65. The van der Waals surface area contributed by atoms with Crippen LogP contribution >= 0.6 is 11.8 Å². The highest BCUT2D eigenvalue weighted by atomic mass is 32.2. The van der Waals surface area contributed by atoms with E-state index < -0.39 is 15.3 Å². The summed E-state index contributed by atoms with van der Waals surface area (Å²) in [4.78, 5) is 26.2. The van der Waals surface area contributed by atoms with E-state index in [0.29, 0.717) is 5.69 Å². The summed E-state index contributed by atoms with van der Waals surface area (Å²) in [6.07, 6.45) is -0.0701. The van der Waals surface area contributed by atoms with Crippen LogP contribution in [0.5, 0.6) is 0 Å². The van der Waals surface area contributed by atoms with Gasteiger partial charge in [-0.15, -0.1) is 4.40 Å². The Balaban J connectivity index is 1.76. The van der Waals surface area contributed by atoms with Crippen LogP contribution in [0.3, 0.4) is 0 Å². The topological polar surface area (TPSA) is 95.9 Å². The molecule has 1 saturated heterocycles. The highest BCUT2D eigenvalue weighted by Crippen LogP contribution is 2.31. The second-order valence-corrected chi connectivity index (χ2v) is 8.74. The number of carbonyl (C=O) groups excluding carboxylic acids is 2. The lowest BCUT2D eigenvalue weighted by Gasteiger charge is -2.13. The van der Waals surface area contributed by atoms with E-state index in [-0.39, 0.29) is 34.8 Å². The number of amides is 2. The molecule has 1 unspecified atom stereocenters. The molecule has 1 N–H and O–H groups in total. The number of amidine groups is 1. The summed E-state index contributed by atoms with van der Waals surface area (Å²) in [7, 11) is -3.94. The van der Waals surface area contributed by atoms with Gasteiger partial charge in [0.15, 0.2) is 5.17 Å². The lowest BCUT2D eigenvalue weighted by Crippen LogP contribution is -2.33. The summed E-state index contributed by atoms with van der Waals surface area (Å²) >= 11 is 0.998. The molecule has 0 saturated carbocycles. The Morgan fingerprint density at radius 1 is 1.11 bits per heavy atom. The van der Waals surface area contributed by atoms with Crippen molar-refractivity contribution in [2.45, 2.75) is 23.5 Å². The molecule has 1 heterocycles. The predicted octanol–water partition coefficient (Wildman–Crippen LogP) is 2.72. The van der Waals surface area contributed by atoms with Gasteiger partial charge in [-0.3, -0.25) is 14.5 Å². The quantitative estimate of drug-likeness (QED) is 0.780. The van der Waals surface area contributed by atoms with Crippen molar-refractivity contribution < 1.29 is 18.0 Å². The molecule has 0 aliphatic carbocycles. The van der Waals surface area contributed by atoms with Gasteiger partial charge in [0.05, 0.1) is 4.90 Å². The minimum atomic E-state index is -3.94. The number of thioether (sulfide) groups is 1. The van der Waals surface area contributed by atoms with Crippen LogP contribution in [-0.2, 0) is 19.6 Å². The van der Waals surface area contributed by atoms with E-state index in [2.05, 4.69) is 9.71 Å². The fourth-order valence-corrected chi connectivity index (χ4v) is 5.09. The third kappa shape index (κ3) is 4.60. The smallest absolute Gasteiger partial charge is 0.284 e. The number of hydrogen-bond acceptors (Lipinski definition) is 5. The Labute approximate surface area is 167 Å². The SMILES string of the molecule is CCN1C(=O)C(CC(=O)Nc2ccccc2)SC1=NS(=O)(=O)c1ccccc1. The molecule has 0 spiro atoms. The Morgan fingerprint density at radius 2 is 1.71 bits per heavy atom. The molecule has 3 rings (SSSR count). The van der Waals surface area contributed by atoms with Gasteiger partial charge in [0.2, 0.25) is 11.8 Å². The number of para-hydroxylation sites is 1. The molecular formula is C19H19N3O4S2. The standard InChI is InChI=1S/C19H19N3O4S2/c1-2-22-18(24)16(13-17(23)20-14-9-5-3-6-10-14)27-19(22)21-28(25,26)15-11-7-4-8-12-15/h3-12,16H,2,13H2,1H3,(H,20,23). The fraction of sp³-hybridized carbons (Fsp3) is 0.211. The molecule has 2 amide bonds. The number of sulfonamides is 1. The van der Waals surface area contributed by atoms with Crippen molar-refractivity contribution in [3.8, 4) is 0 Å². The van der Waals surface area contributed by atoms with Crippen molar-refractivity contribution in [1.29, 1.82) is 0 Å². The van der Waals surface area contributed by atoms with Crippen molar-refractivity contribution in [3.05, 3.63) is 60.7 Å². The van der Waals surface area contributed by atoms with Crippen molar-refractivity contribution in [2.75, 3.05) is 11.9 Å². The summed E-state index contributed by atoms with van der Waals surface area (Å²) in [5.41, 5.74) is 0.635. The van der Waals surface area contributed by atoms with Crippen LogP contribution < -0.4 is 5.32 Å². The first kappa shape index (κ1) is 20.1. The molecule has 7 nitrogen and oxygen atoms in total. The first-order valence-corrected chi connectivity index (χ1v) is 11.0. The van der Waals surface area contributed by atoms with Crippen LogP contribution in [0.25, 0.3) is 0 Å². The third-order valence-electron chi connectivity index (χ3n) is 4.00. The van der Waals surface area contributed by atoms with Crippen molar-refractivity contribution in [2.24, 2.45) is 4.40 Å². The van der Waals surface area contributed by atoms with Gasteiger partial charge >= 0.3 is 0 Å². The highest BCUT2D eigenvalue weighted by molar-refractivity contribution is 8.16. The van der Waals surface area contributed by atoms with Gasteiger partial charge in [-0.1, -0.05) is 48.2 Å². The number of nitrogens with zero attached hydrogens (tertiary/aromatic N) is 2. The van der Waals surface area contributed by atoms with Gasteiger partial charge in [0.25, 0.3) is 10.0 Å². The molecule has 28 heavy (non-hydrogen) atoms. The summed E-state index contributed by atoms with van der Waals surface area (Å²) in [5, 5.41) is 2.11. The van der Waals surface area contributed by atoms with Crippen molar-refractivity contribution in [1.82, 2.24) is 4.90 Å². The molecule has 9 heteroatoms. The van der Waals surface area contributed by atoms with Crippen molar-refractivity contribution in [3.63, 3.8) is 0 Å². The Kier molecular flexibility index (Phi) is 6.15. The van der Waals surface area contributed by atoms with Crippen LogP contribution in [0.15, 0.2) is 70.0 Å². The number of carbonyl (C=O) groups is 2. The maximum atomic E-state index is 12.6. The normalized spacial score (nSPS) is 18.5. The lowest BCUT2D eigenvalue weighted by molar-refractivity contribution is -0.128. The maximum Gasteiger partial charge on any atom is 0.284 e. The van der Waals surface area contributed by atoms with Gasteiger partial charge in [0.1, 0.15) is 5.25 Å². The molecule has 2 aromatic carbocycles. The van der Waals surface area contributed by atoms with E-state index in [0.717, 1.165) is 11.8 Å². The van der Waals surface area contributed by atoms with E-state index in [1.807, 2.05) is 6.07 Å². The van der Waals surface area contributed by atoms with E-state index in [1.54, 1.807) is 49.4 Å². The molecule has 1 fully saturated rings. The maximum absolute atomic E-state index is 12.6. The molecule has 1 aliphatic rings. The molecule has 1 aliphatic heterocycles. The average Bonchev–Trinajstić information content (AvgIpc) is 2.96. The van der Waals surface area contributed by atoms with E-state index in [9.17, 15) is 18.0 Å². The highest BCUT2D eigenvalue weighted by Gasteiger charge is 2.39. The first-order valence-electron chi connectivity index (χ1n) is 8.63. The average molecular weight is 418 g/mol. The molecule has 0 radical (unpaired) electrons. The zero-order chi connectivity index (χ0) is 20.1. The van der Waals surface area contributed by atoms with E-state index in [1.165, 1.54) is 17.0 Å². The zero-order valence-electron chi connectivity index (χ0n) is 15.1. The number of rotatable bonds is 6. The third-order valence-corrected chi connectivity index (χ3v) is 6.58. The second kappa shape index (κ2) is 8.57. The van der Waals surface area contributed by atoms with Gasteiger partial charge in [-0.25, -0.2) is 0 Å². The van der Waals surface area contributed by atoms with Crippen LogP contribution in [0.4, 0.5) is 5.69 Å². The molecule has 0 aromatic heterocycles. The number of hydrogen-bond donors (Lipinski definition) is 1. The number of nitrogens with one attached hydrogen (secondary N) is 1. The lowest BCUT2D eigenvalue weighted by atomic mass is 10.2. The van der Waals surface area contributed by atoms with Gasteiger partial charge in [-0.05, 0) is 31.2 Å². The van der Waals surface area contributed by atoms with E-state index in [4.69, 9.17) is 0 Å². The number of anilines is 1. The van der Waals surface area contributed by atoms with Gasteiger partial charge < -0.3 is 5.32 Å². The van der Waals surface area contributed by atoms with Gasteiger partial charge in [-0.2, -0.15) is 8.42 Å². The summed E-state index contributed by atoms with van der Waals surface area (Å²) in [6.45, 7) is 2.00. The summed E-state index contributed by atoms with van der Waals surface area (Å²) in [6, 6.07) is 16.7. The Bertz CT molecular complexity index is 992. The largest absolute Gasteiger partial charge is 0.326 e. The van der Waals surface area contributed by atoms with Crippen LogP contribution in [0.2, 0.25) is 0 Å². The van der Waals surface area contributed by atoms with Crippen LogP contribution in [0, 0.1) is 0 Å². The monoisotopic (exact) mass is 417 g/mol. The minimum absolute atomic E-state index is 0.0527. The van der Waals surface area contributed by atoms with Crippen molar-refractivity contribution >= 4 is 44.5 Å². The molecule has 2 aromatic rings. The zero-order valence-corrected chi connectivity index (χ0v) is 16.7. The minimum Gasteiger partial charge on any atom is -0.326 e. The molecule has 146 valence electrons. The second-order valence-electron chi connectivity index (χ2n) is 5.97. The summed E-state index contributed by atoms with van der Waals surface area (Å²) < 4.78 is 28.9. The van der Waals surface area contributed by atoms with Crippen LogP contribution in [-0.4, -0.2) is 42.1 Å². The summed E-state index contributed by atoms with van der Waals surface area (Å²) in [5.74, 6) is -0.641. The Morgan fingerprint density at radius 3 is 2.32 bits per heavy atom. The van der Waals surface area contributed by atoms with Gasteiger partial charge in [0, 0.05) is 18.7 Å².